The second kappa shape index (κ2) is 6.52. The number of likely N-dealkylation sites (tertiary alicyclic amines) is 1. The third-order valence-corrected chi connectivity index (χ3v) is 4.30. The van der Waals surface area contributed by atoms with Gasteiger partial charge in [0.2, 0.25) is 5.91 Å². The van der Waals surface area contributed by atoms with Crippen LogP contribution in [-0.4, -0.2) is 48.4 Å². The van der Waals surface area contributed by atoms with Gasteiger partial charge in [-0.3, -0.25) is 14.5 Å². The van der Waals surface area contributed by atoms with Crippen LogP contribution in [0.2, 0.25) is 0 Å². The third kappa shape index (κ3) is 3.88. The van der Waals surface area contributed by atoms with Gasteiger partial charge in [-0.1, -0.05) is 0 Å². The molecule has 2 N–H and O–H groups in total. The minimum Gasteiger partial charge on any atom is -0.459 e. The monoisotopic (exact) mass is 305 g/mol. The van der Waals surface area contributed by atoms with Crippen molar-refractivity contribution in [3.05, 3.63) is 23.7 Å². The molecule has 0 atom stereocenters. The smallest absolute Gasteiger partial charge is 0.287 e. The van der Waals surface area contributed by atoms with E-state index in [0.717, 1.165) is 44.3 Å². The molecule has 2 heterocycles. The van der Waals surface area contributed by atoms with Crippen molar-refractivity contribution in [3.63, 3.8) is 0 Å². The van der Waals surface area contributed by atoms with Crippen molar-refractivity contribution in [3.8, 4) is 0 Å². The number of amides is 2. The topological polar surface area (TPSA) is 74.6 Å². The molecule has 22 heavy (non-hydrogen) atoms. The zero-order valence-electron chi connectivity index (χ0n) is 12.9. The normalized spacial score (nSPS) is 19.9. The van der Waals surface area contributed by atoms with E-state index in [0.29, 0.717) is 18.3 Å². The summed E-state index contributed by atoms with van der Waals surface area (Å²) in [4.78, 5) is 26.0. The molecule has 0 aromatic carbocycles. The van der Waals surface area contributed by atoms with E-state index in [4.69, 9.17) is 4.42 Å². The number of aryl methyl sites for hydroxylation is 1. The van der Waals surface area contributed by atoms with E-state index >= 15 is 0 Å². The fraction of sp³-hybridized carbons (Fsp3) is 0.625. The average Bonchev–Trinajstić information content (AvgIpc) is 3.19. The molecule has 2 fully saturated rings. The van der Waals surface area contributed by atoms with Crippen LogP contribution in [0.4, 0.5) is 0 Å². The molecule has 0 bridgehead atoms. The lowest BCUT2D eigenvalue weighted by atomic mass is 10.0. The van der Waals surface area contributed by atoms with Crippen LogP contribution in [0.25, 0.3) is 0 Å². The van der Waals surface area contributed by atoms with Gasteiger partial charge in [0.25, 0.3) is 5.91 Å². The van der Waals surface area contributed by atoms with Crippen LogP contribution in [0.5, 0.6) is 0 Å². The minimum absolute atomic E-state index is 0.121. The lowest BCUT2D eigenvalue weighted by Crippen LogP contribution is -2.47. The molecule has 0 spiro atoms. The first-order chi connectivity index (χ1) is 10.6. The summed E-state index contributed by atoms with van der Waals surface area (Å²) in [6, 6.07) is 2.36. The van der Waals surface area contributed by atoms with E-state index in [2.05, 4.69) is 15.5 Å². The summed E-state index contributed by atoms with van der Waals surface area (Å²) in [6.07, 6.45) is 5.49. The Morgan fingerprint density at radius 1 is 1.18 bits per heavy atom. The highest BCUT2D eigenvalue weighted by atomic mass is 16.3. The molecule has 6 heteroatoms. The Balaban J connectivity index is 1.40. The fourth-order valence-corrected chi connectivity index (χ4v) is 2.80. The fourth-order valence-electron chi connectivity index (χ4n) is 2.80. The van der Waals surface area contributed by atoms with E-state index in [1.165, 1.54) is 6.26 Å². The Morgan fingerprint density at radius 3 is 2.45 bits per heavy atom. The Labute approximate surface area is 130 Å². The van der Waals surface area contributed by atoms with Crippen molar-refractivity contribution in [1.29, 1.82) is 0 Å². The van der Waals surface area contributed by atoms with Crippen molar-refractivity contribution in [1.82, 2.24) is 15.5 Å². The zero-order valence-corrected chi connectivity index (χ0v) is 12.9. The summed E-state index contributed by atoms with van der Waals surface area (Å²) in [5.41, 5.74) is 0.853. The highest BCUT2D eigenvalue weighted by Gasteiger charge is 2.26. The molecule has 2 aliphatic rings. The average molecular weight is 305 g/mol. The van der Waals surface area contributed by atoms with Crippen molar-refractivity contribution >= 4 is 11.8 Å². The number of nitrogens with zero attached hydrogens (tertiary/aromatic N) is 1. The van der Waals surface area contributed by atoms with Crippen LogP contribution in [-0.2, 0) is 4.79 Å². The first-order valence-electron chi connectivity index (χ1n) is 7.98. The molecule has 0 radical (unpaired) electrons. The molecule has 2 amide bonds. The number of rotatable bonds is 5. The quantitative estimate of drug-likeness (QED) is 0.853. The van der Waals surface area contributed by atoms with Crippen LogP contribution >= 0.6 is 0 Å². The van der Waals surface area contributed by atoms with E-state index in [1.54, 1.807) is 6.07 Å². The molecule has 1 aliphatic heterocycles. The highest BCUT2D eigenvalue weighted by molar-refractivity contribution is 5.93. The molecule has 0 unspecified atom stereocenters. The van der Waals surface area contributed by atoms with Crippen LogP contribution in [0.3, 0.4) is 0 Å². The molecule has 1 saturated heterocycles. The maximum absolute atomic E-state index is 12.1. The Bertz CT molecular complexity index is 543. The number of piperidine rings is 1. The number of furan rings is 1. The highest BCUT2D eigenvalue weighted by Crippen LogP contribution is 2.18. The van der Waals surface area contributed by atoms with Gasteiger partial charge in [-0.2, -0.15) is 0 Å². The maximum atomic E-state index is 12.1. The first kappa shape index (κ1) is 15.1. The van der Waals surface area contributed by atoms with Gasteiger partial charge < -0.3 is 15.1 Å². The third-order valence-electron chi connectivity index (χ3n) is 4.30. The number of hydrogen-bond donors (Lipinski definition) is 2. The van der Waals surface area contributed by atoms with Gasteiger partial charge in [0.1, 0.15) is 0 Å². The lowest BCUT2D eigenvalue weighted by molar-refractivity contribution is -0.122. The number of nitrogens with one attached hydrogen (secondary N) is 2. The summed E-state index contributed by atoms with van der Waals surface area (Å²) >= 11 is 0. The van der Waals surface area contributed by atoms with Gasteiger partial charge in [-0.05, 0) is 38.7 Å². The SMILES string of the molecule is Cc1ccoc1C(=O)NC1CCN(CC(=O)NC2CC2)CC1. The minimum atomic E-state index is -0.146. The van der Waals surface area contributed by atoms with Crippen molar-refractivity contribution < 1.29 is 14.0 Å². The number of hydrogen-bond acceptors (Lipinski definition) is 4. The van der Waals surface area contributed by atoms with Crippen LogP contribution < -0.4 is 10.6 Å². The van der Waals surface area contributed by atoms with Gasteiger partial charge in [0.15, 0.2) is 5.76 Å². The number of carbonyl (C=O) groups is 2. The predicted octanol–water partition coefficient (Wildman–Crippen LogP) is 1.06. The zero-order chi connectivity index (χ0) is 15.5. The largest absolute Gasteiger partial charge is 0.459 e. The second-order valence-corrected chi connectivity index (χ2v) is 6.30. The molecule has 120 valence electrons. The van der Waals surface area contributed by atoms with Gasteiger partial charge in [-0.15, -0.1) is 0 Å². The Kier molecular flexibility index (Phi) is 4.47. The van der Waals surface area contributed by atoms with Gasteiger partial charge in [-0.25, -0.2) is 0 Å². The van der Waals surface area contributed by atoms with E-state index < -0.39 is 0 Å². The van der Waals surface area contributed by atoms with Gasteiger partial charge in [0.05, 0.1) is 12.8 Å². The molecule has 1 saturated carbocycles. The van der Waals surface area contributed by atoms with Crippen molar-refractivity contribution in [2.45, 2.75) is 44.7 Å². The summed E-state index contributed by atoms with van der Waals surface area (Å²) < 4.78 is 5.21. The summed E-state index contributed by atoms with van der Waals surface area (Å²) in [7, 11) is 0. The van der Waals surface area contributed by atoms with Crippen LogP contribution in [0.15, 0.2) is 16.7 Å². The summed E-state index contributed by atoms with van der Waals surface area (Å²) in [6.45, 7) is 3.99. The Morgan fingerprint density at radius 2 is 1.86 bits per heavy atom. The summed E-state index contributed by atoms with van der Waals surface area (Å²) in [5, 5.41) is 6.02. The molecule has 1 aromatic rings. The van der Waals surface area contributed by atoms with E-state index in [-0.39, 0.29) is 17.9 Å². The predicted molar refractivity (Wildman–Crippen MR) is 81.5 cm³/mol. The van der Waals surface area contributed by atoms with Crippen LogP contribution in [0.1, 0.15) is 41.8 Å². The van der Waals surface area contributed by atoms with Crippen LogP contribution in [0, 0.1) is 6.92 Å². The maximum Gasteiger partial charge on any atom is 0.287 e. The number of carbonyl (C=O) groups excluding carboxylic acids is 2. The van der Waals surface area contributed by atoms with Gasteiger partial charge >= 0.3 is 0 Å². The first-order valence-corrected chi connectivity index (χ1v) is 7.98. The second-order valence-electron chi connectivity index (χ2n) is 6.30. The standard InChI is InChI=1S/C16H23N3O3/c1-11-6-9-22-15(11)16(21)18-13-4-7-19(8-5-13)10-14(20)17-12-2-3-12/h6,9,12-13H,2-5,7-8,10H2,1H3,(H,17,20)(H,18,21). The van der Waals surface area contributed by atoms with Gasteiger partial charge in [0, 0.05) is 30.7 Å². The molecule has 3 rings (SSSR count). The molecule has 1 aromatic heterocycles. The summed E-state index contributed by atoms with van der Waals surface area (Å²) in [5.74, 6) is 0.370. The van der Waals surface area contributed by atoms with Crippen molar-refractivity contribution in [2.75, 3.05) is 19.6 Å². The lowest BCUT2D eigenvalue weighted by Gasteiger charge is -2.31. The van der Waals surface area contributed by atoms with E-state index in [9.17, 15) is 9.59 Å². The Hall–Kier alpha value is -1.82. The molecule has 6 nitrogen and oxygen atoms in total. The molecular formula is C16H23N3O3. The molecule has 1 aliphatic carbocycles. The van der Waals surface area contributed by atoms with Crippen molar-refractivity contribution in [2.24, 2.45) is 0 Å². The van der Waals surface area contributed by atoms with E-state index in [1.807, 2.05) is 6.92 Å². The molecular weight excluding hydrogens is 282 g/mol.